The van der Waals surface area contributed by atoms with E-state index in [0.29, 0.717) is 0 Å². The summed E-state index contributed by atoms with van der Waals surface area (Å²) in [6.45, 7) is 0. The first-order chi connectivity index (χ1) is 24.3. The van der Waals surface area contributed by atoms with E-state index >= 15 is 0 Å². The maximum absolute atomic E-state index is 6.39. The molecule has 0 unspecified atom stereocenters. The number of anilines is 3. The first kappa shape index (κ1) is 27.5. The molecule has 0 radical (unpaired) electrons. The van der Waals surface area contributed by atoms with Crippen molar-refractivity contribution >= 4 is 71.6 Å². The van der Waals surface area contributed by atoms with Gasteiger partial charge in [0.25, 0.3) is 0 Å². The summed E-state index contributed by atoms with van der Waals surface area (Å²) in [6, 6.07) is 65.0. The Morgan fingerprint density at radius 1 is 0.429 bits per heavy atom. The molecule has 8 aromatic carbocycles. The fraction of sp³-hybridized carbons (Fsp3) is 0. The Morgan fingerprint density at radius 2 is 1.08 bits per heavy atom. The summed E-state index contributed by atoms with van der Waals surface area (Å²) in [5.74, 6) is 0. The summed E-state index contributed by atoms with van der Waals surface area (Å²) in [5, 5.41) is 7.06. The number of hydrogen-bond donors (Lipinski definition) is 0. The highest BCUT2D eigenvalue weighted by Gasteiger charge is 2.21. The summed E-state index contributed by atoms with van der Waals surface area (Å²) in [7, 11) is 0. The van der Waals surface area contributed by atoms with Gasteiger partial charge in [0.1, 0.15) is 11.2 Å². The highest BCUT2D eigenvalue weighted by molar-refractivity contribution is 6.16. The monoisotopic (exact) mass is 626 g/mol. The number of aromatic nitrogens is 1. The normalized spacial score (nSPS) is 11.7. The Labute approximate surface area is 283 Å². The summed E-state index contributed by atoms with van der Waals surface area (Å²) in [5.41, 5.74) is 11.0. The molecule has 49 heavy (non-hydrogen) atoms. The van der Waals surface area contributed by atoms with Crippen molar-refractivity contribution in [2.75, 3.05) is 4.90 Å². The van der Waals surface area contributed by atoms with Gasteiger partial charge in [0.15, 0.2) is 0 Å². The first-order valence-corrected chi connectivity index (χ1v) is 16.7. The number of para-hydroxylation sites is 5. The number of rotatable bonds is 5. The minimum atomic E-state index is 0.919. The van der Waals surface area contributed by atoms with Gasteiger partial charge < -0.3 is 13.9 Å². The standard InChI is InChI=1S/C46H30N2O/c1-3-12-34(13-4-1)47(43-20-11-18-39-37-16-7-9-19-42(37)48(45(39)43)35-14-5-2-6-15-35)36-27-24-31(25-28-36)33-23-22-32-26-29-40-38-17-8-10-21-44(38)49-46(40)41(32)30-33/h1-30H. The van der Waals surface area contributed by atoms with Gasteiger partial charge in [-0.3, -0.25) is 0 Å². The molecule has 10 rings (SSSR count). The van der Waals surface area contributed by atoms with Crippen LogP contribution in [0.25, 0.3) is 71.3 Å². The van der Waals surface area contributed by atoms with Crippen molar-refractivity contribution in [3.63, 3.8) is 0 Å². The second kappa shape index (κ2) is 11.0. The molecule has 3 nitrogen and oxygen atoms in total. The van der Waals surface area contributed by atoms with E-state index in [1.807, 2.05) is 12.1 Å². The smallest absolute Gasteiger partial charge is 0.143 e. The Balaban J connectivity index is 1.15. The zero-order chi connectivity index (χ0) is 32.3. The quantitative estimate of drug-likeness (QED) is 0.190. The number of fused-ring (bicyclic) bond motifs is 8. The summed E-state index contributed by atoms with van der Waals surface area (Å²) < 4.78 is 8.80. The maximum Gasteiger partial charge on any atom is 0.143 e. The van der Waals surface area contributed by atoms with E-state index < -0.39 is 0 Å². The topological polar surface area (TPSA) is 21.3 Å². The molecule has 0 aliphatic heterocycles. The third-order valence-corrected chi connectivity index (χ3v) is 9.76. The minimum absolute atomic E-state index is 0.919. The fourth-order valence-corrected chi connectivity index (χ4v) is 7.52. The third-order valence-electron chi connectivity index (χ3n) is 9.76. The summed E-state index contributed by atoms with van der Waals surface area (Å²) >= 11 is 0. The van der Waals surface area contributed by atoms with Crippen LogP contribution in [0, 0.1) is 0 Å². The Kier molecular flexibility index (Phi) is 6.18. The lowest BCUT2D eigenvalue weighted by molar-refractivity contribution is 0.672. The molecule has 0 atom stereocenters. The molecule has 0 aliphatic rings. The predicted octanol–water partition coefficient (Wildman–Crippen LogP) is 13.0. The van der Waals surface area contributed by atoms with Gasteiger partial charge >= 0.3 is 0 Å². The molecule has 0 spiro atoms. The SMILES string of the molecule is c1ccc(N(c2ccc(-c3ccc4ccc5c6ccccc6oc5c4c3)cc2)c2cccc3c4ccccc4n(-c4ccccc4)c23)cc1. The molecule has 0 saturated carbocycles. The molecule has 0 amide bonds. The van der Waals surface area contributed by atoms with Gasteiger partial charge in [0.05, 0.1) is 16.7 Å². The van der Waals surface area contributed by atoms with Gasteiger partial charge in [-0.25, -0.2) is 0 Å². The van der Waals surface area contributed by atoms with Crippen molar-refractivity contribution in [2.24, 2.45) is 0 Å². The van der Waals surface area contributed by atoms with Crippen molar-refractivity contribution < 1.29 is 4.42 Å². The van der Waals surface area contributed by atoms with Gasteiger partial charge in [0, 0.05) is 44.0 Å². The lowest BCUT2D eigenvalue weighted by Crippen LogP contribution is -2.11. The molecule has 0 fully saturated rings. The second-order valence-corrected chi connectivity index (χ2v) is 12.6. The van der Waals surface area contributed by atoms with E-state index in [-0.39, 0.29) is 0 Å². The zero-order valence-electron chi connectivity index (χ0n) is 26.6. The van der Waals surface area contributed by atoms with E-state index in [9.17, 15) is 0 Å². The van der Waals surface area contributed by atoms with Crippen LogP contribution in [-0.2, 0) is 0 Å². The molecule has 10 aromatic rings. The van der Waals surface area contributed by atoms with Crippen molar-refractivity contribution in [1.82, 2.24) is 4.57 Å². The number of furan rings is 1. The molecule has 0 N–H and O–H groups in total. The Bertz CT molecular complexity index is 2810. The molecular formula is C46H30N2O. The third kappa shape index (κ3) is 4.37. The molecule has 2 aromatic heterocycles. The average molecular weight is 627 g/mol. The Morgan fingerprint density at radius 3 is 1.92 bits per heavy atom. The Hall–Kier alpha value is -6.58. The zero-order valence-corrected chi connectivity index (χ0v) is 26.6. The van der Waals surface area contributed by atoms with E-state index in [4.69, 9.17) is 4.42 Å². The van der Waals surface area contributed by atoms with E-state index in [1.54, 1.807) is 0 Å². The van der Waals surface area contributed by atoms with Crippen LogP contribution in [0.4, 0.5) is 17.1 Å². The van der Waals surface area contributed by atoms with E-state index in [2.05, 4.69) is 179 Å². The van der Waals surface area contributed by atoms with Gasteiger partial charge in [-0.1, -0.05) is 115 Å². The highest BCUT2D eigenvalue weighted by Crippen LogP contribution is 2.44. The summed E-state index contributed by atoms with van der Waals surface area (Å²) in [4.78, 5) is 2.38. The van der Waals surface area contributed by atoms with Crippen molar-refractivity contribution in [1.29, 1.82) is 0 Å². The molecular weight excluding hydrogens is 597 g/mol. The predicted molar refractivity (Wildman–Crippen MR) is 206 cm³/mol. The van der Waals surface area contributed by atoms with Crippen LogP contribution in [-0.4, -0.2) is 4.57 Å². The van der Waals surface area contributed by atoms with E-state index in [1.165, 1.54) is 27.2 Å². The van der Waals surface area contributed by atoms with Crippen molar-refractivity contribution in [3.8, 4) is 16.8 Å². The minimum Gasteiger partial charge on any atom is -0.455 e. The molecule has 230 valence electrons. The molecule has 3 heteroatoms. The van der Waals surface area contributed by atoms with E-state index in [0.717, 1.165) is 61.2 Å². The van der Waals surface area contributed by atoms with Crippen LogP contribution >= 0.6 is 0 Å². The van der Waals surface area contributed by atoms with Gasteiger partial charge in [-0.2, -0.15) is 0 Å². The number of nitrogens with zero attached hydrogens (tertiary/aromatic N) is 2. The van der Waals surface area contributed by atoms with Crippen molar-refractivity contribution in [3.05, 3.63) is 182 Å². The van der Waals surface area contributed by atoms with Gasteiger partial charge in [0.2, 0.25) is 0 Å². The first-order valence-electron chi connectivity index (χ1n) is 16.7. The van der Waals surface area contributed by atoms with Gasteiger partial charge in [-0.15, -0.1) is 0 Å². The van der Waals surface area contributed by atoms with Crippen LogP contribution in [0.2, 0.25) is 0 Å². The summed E-state index contributed by atoms with van der Waals surface area (Å²) in [6.07, 6.45) is 0. The van der Waals surface area contributed by atoms with Crippen LogP contribution in [0.5, 0.6) is 0 Å². The van der Waals surface area contributed by atoms with Crippen LogP contribution in [0.3, 0.4) is 0 Å². The second-order valence-electron chi connectivity index (χ2n) is 12.6. The van der Waals surface area contributed by atoms with Crippen LogP contribution < -0.4 is 4.90 Å². The van der Waals surface area contributed by atoms with Crippen LogP contribution in [0.1, 0.15) is 0 Å². The number of benzene rings is 8. The average Bonchev–Trinajstić information content (AvgIpc) is 3.73. The maximum atomic E-state index is 6.39. The van der Waals surface area contributed by atoms with Crippen molar-refractivity contribution in [2.45, 2.75) is 0 Å². The highest BCUT2D eigenvalue weighted by atomic mass is 16.3. The lowest BCUT2D eigenvalue weighted by atomic mass is 9.99. The fourth-order valence-electron chi connectivity index (χ4n) is 7.52. The largest absolute Gasteiger partial charge is 0.455 e. The van der Waals surface area contributed by atoms with Gasteiger partial charge in [-0.05, 0) is 83.2 Å². The van der Waals surface area contributed by atoms with Crippen LogP contribution in [0.15, 0.2) is 186 Å². The molecule has 2 heterocycles. The lowest BCUT2D eigenvalue weighted by Gasteiger charge is -2.27. The molecule has 0 saturated heterocycles. The number of hydrogen-bond acceptors (Lipinski definition) is 2. The molecule has 0 bridgehead atoms. The molecule has 0 aliphatic carbocycles.